The summed E-state index contributed by atoms with van der Waals surface area (Å²) in [6.07, 6.45) is 5.07. The molecule has 0 unspecified atom stereocenters. The first-order valence-corrected chi connectivity index (χ1v) is 6.66. The number of aryl methyl sites for hydroxylation is 1. The van der Waals surface area contributed by atoms with Crippen molar-refractivity contribution in [3.63, 3.8) is 0 Å². The average molecular weight is 251 g/mol. The second-order valence-electron chi connectivity index (χ2n) is 4.54. The van der Waals surface area contributed by atoms with Gasteiger partial charge >= 0.3 is 0 Å². The minimum absolute atomic E-state index is 0.192. The molecule has 0 saturated carbocycles. The quantitative estimate of drug-likeness (QED) is 0.823. The van der Waals surface area contributed by atoms with Crippen LogP contribution >= 0.6 is 0 Å². The Hall–Kier alpha value is -1.43. The van der Waals surface area contributed by atoms with Crippen molar-refractivity contribution in [1.82, 2.24) is 25.0 Å². The van der Waals surface area contributed by atoms with E-state index in [1.807, 2.05) is 16.5 Å². The van der Waals surface area contributed by atoms with Crippen LogP contribution in [0.3, 0.4) is 0 Å². The van der Waals surface area contributed by atoms with E-state index in [4.69, 9.17) is 0 Å². The van der Waals surface area contributed by atoms with E-state index in [0.29, 0.717) is 13.1 Å². The maximum atomic E-state index is 11.9. The van der Waals surface area contributed by atoms with E-state index in [0.717, 1.165) is 38.3 Å². The third-order valence-electron chi connectivity index (χ3n) is 3.26. The zero-order valence-corrected chi connectivity index (χ0v) is 10.9. The first-order valence-electron chi connectivity index (χ1n) is 6.66. The van der Waals surface area contributed by atoms with Crippen LogP contribution in [0, 0.1) is 0 Å². The van der Waals surface area contributed by atoms with Crippen molar-refractivity contribution < 1.29 is 4.79 Å². The molecule has 0 aromatic carbocycles. The fourth-order valence-corrected chi connectivity index (χ4v) is 2.23. The van der Waals surface area contributed by atoms with Gasteiger partial charge in [0.2, 0.25) is 5.91 Å². The van der Waals surface area contributed by atoms with Gasteiger partial charge in [-0.05, 0) is 26.2 Å². The Labute approximate surface area is 107 Å². The van der Waals surface area contributed by atoms with E-state index in [-0.39, 0.29) is 5.91 Å². The van der Waals surface area contributed by atoms with Gasteiger partial charge in [0.1, 0.15) is 12.2 Å². The third-order valence-corrected chi connectivity index (χ3v) is 3.26. The molecule has 100 valence electrons. The molecule has 0 aliphatic carbocycles. The van der Waals surface area contributed by atoms with Gasteiger partial charge in [-0.1, -0.05) is 0 Å². The van der Waals surface area contributed by atoms with Crippen LogP contribution in [-0.2, 0) is 17.9 Å². The highest BCUT2D eigenvalue weighted by molar-refractivity contribution is 5.78. The number of piperidine rings is 1. The highest BCUT2D eigenvalue weighted by atomic mass is 16.2. The van der Waals surface area contributed by atoms with Gasteiger partial charge in [0.15, 0.2) is 0 Å². The van der Waals surface area contributed by atoms with E-state index in [9.17, 15) is 4.79 Å². The number of carbonyl (C=O) groups excluding carboxylic acids is 1. The predicted octanol–water partition coefficient (Wildman–Crippen LogP) is 0.400. The van der Waals surface area contributed by atoms with Crippen LogP contribution in [0.1, 0.15) is 32.0 Å². The van der Waals surface area contributed by atoms with Crippen LogP contribution in [0.4, 0.5) is 0 Å². The van der Waals surface area contributed by atoms with Crippen LogP contribution < -0.4 is 5.32 Å². The Morgan fingerprint density at radius 1 is 1.39 bits per heavy atom. The standard InChI is InChI=1S/C12H21N5O/c1-2-17-11(14-10-15-17)8-13-9-12(18)16-6-4-3-5-7-16/h10,13H,2-9H2,1H3. The summed E-state index contributed by atoms with van der Waals surface area (Å²) < 4.78 is 1.83. The highest BCUT2D eigenvalue weighted by Gasteiger charge is 2.15. The molecule has 6 heteroatoms. The summed E-state index contributed by atoms with van der Waals surface area (Å²) in [5, 5.41) is 7.24. The lowest BCUT2D eigenvalue weighted by atomic mass is 10.1. The number of nitrogens with one attached hydrogen (secondary N) is 1. The maximum Gasteiger partial charge on any atom is 0.236 e. The van der Waals surface area contributed by atoms with Gasteiger partial charge in [-0.2, -0.15) is 5.10 Å². The number of rotatable bonds is 5. The fourth-order valence-electron chi connectivity index (χ4n) is 2.23. The molecule has 1 N–H and O–H groups in total. The molecule has 1 aliphatic rings. The van der Waals surface area contributed by atoms with Crippen molar-refractivity contribution in [3.8, 4) is 0 Å². The zero-order chi connectivity index (χ0) is 12.8. The van der Waals surface area contributed by atoms with Crippen molar-refractivity contribution in [2.75, 3.05) is 19.6 Å². The monoisotopic (exact) mass is 251 g/mol. The average Bonchev–Trinajstić information content (AvgIpc) is 2.87. The smallest absolute Gasteiger partial charge is 0.236 e. The minimum atomic E-state index is 0.192. The number of hydrogen-bond acceptors (Lipinski definition) is 4. The van der Waals surface area contributed by atoms with Crippen molar-refractivity contribution in [2.45, 2.75) is 39.3 Å². The molecule has 2 heterocycles. The van der Waals surface area contributed by atoms with Gasteiger partial charge in [0, 0.05) is 19.6 Å². The second-order valence-corrected chi connectivity index (χ2v) is 4.54. The van der Waals surface area contributed by atoms with Gasteiger partial charge in [0.25, 0.3) is 0 Å². The molecule has 1 aromatic rings. The number of amides is 1. The lowest BCUT2D eigenvalue weighted by Crippen LogP contribution is -2.41. The predicted molar refractivity (Wildman–Crippen MR) is 67.8 cm³/mol. The summed E-state index contributed by atoms with van der Waals surface area (Å²) in [7, 11) is 0. The van der Waals surface area contributed by atoms with Gasteiger partial charge in [-0.25, -0.2) is 9.67 Å². The maximum absolute atomic E-state index is 11.9. The molecule has 1 aliphatic heterocycles. The summed E-state index contributed by atoms with van der Waals surface area (Å²) in [5.41, 5.74) is 0. The van der Waals surface area contributed by atoms with E-state index >= 15 is 0 Å². The molecule has 0 radical (unpaired) electrons. The molecule has 0 bridgehead atoms. The number of carbonyl (C=O) groups is 1. The van der Waals surface area contributed by atoms with E-state index in [1.165, 1.54) is 6.42 Å². The summed E-state index contributed by atoms with van der Waals surface area (Å²) in [6.45, 7) is 5.62. The zero-order valence-electron chi connectivity index (χ0n) is 10.9. The molecule has 0 spiro atoms. The molecule has 0 atom stereocenters. The largest absolute Gasteiger partial charge is 0.342 e. The van der Waals surface area contributed by atoms with Gasteiger partial charge in [0.05, 0.1) is 13.1 Å². The topological polar surface area (TPSA) is 63.1 Å². The first kappa shape index (κ1) is 13.0. The van der Waals surface area contributed by atoms with Crippen LogP contribution in [0.15, 0.2) is 6.33 Å². The molecule has 1 fully saturated rings. The molecule has 1 amide bonds. The Balaban J connectivity index is 1.73. The Morgan fingerprint density at radius 2 is 2.17 bits per heavy atom. The summed E-state index contributed by atoms with van der Waals surface area (Å²) in [6, 6.07) is 0. The molecular formula is C12H21N5O. The molecule has 18 heavy (non-hydrogen) atoms. The minimum Gasteiger partial charge on any atom is -0.342 e. The SMILES string of the molecule is CCn1ncnc1CNCC(=O)N1CCCCC1. The van der Waals surface area contributed by atoms with Gasteiger partial charge < -0.3 is 10.2 Å². The fraction of sp³-hybridized carbons (Fsp3) is 0.750. The Bertz CT molecular complexity index is 384. The van der Waals surface area contributed by atoms with Crippen LogP contribution in [-0.4, -0.2) is 45.2 Å². The number of aromatic nitrogens is 3. The van der Waals surface area contributed by atoms with Crippen molar-refractivity contribution in [3.05, 3.63) is 12.2 Å². The third kappa shape index (κ3) is 3.29. The van der Waals surface area contributed by atoms with Crippen molar-refractivity contribution in [1.29, 1.82) is 0 Å². The lowest BCUT2D eigenvalue weighted by Gasteiger charge is -2.26. The summed E-state index contributed by atoms with van der Waals surface area (Å²) in [5.74, 6) is 1.07. The highest BCUT2D eigenvalue weighted by Crippen LogP contribution is 2.08. The van der Waals surface area contributed by atoms with Crippen molar-refractivity contribution >= 4 is 5.91 Å². The van der Waals surface area contributed by atoms with E-state index < -0.39 is 0 Å². The molecule has 1 aromatic heterocycles. The summed E-state index contributed by atoms with van der Waals surface area (Å²) >= 11 is 0. The Kier molecular flexibility index (Phi) is 4.69. The first-order chi connectivity index (χ1) is 8.81. The van der Waals surface area contributed by atoms with Gasteiger partial charge in [-0.15, -0.1) is 0 Å². The normalized spacial score (nSPS) is 15.9. The molecule has 1 saturated heterocycles. The molecule has 2 rings (SSSR count). The van der Waals surface area contributed by atoms with E-state index in [1.54, 1.807) is 6.33 Å². The second kappa shape index (κ2) is 6.49. The number of hydrogen-bond donors (Lipinski definition) is 1. The van der Waals surface area contributed by atoms with Crippen LogP contribution in [0.2, 0.25) is 0 Å². The number of nitrogens with zero attached hydrogens (tertiary/aromatic N) is 4. The van der Waals surface area contributed by atoms with Gasteiger partial charge in [-0.3, -0.25) is 4.79 Å². The lowest BCUT2D eigenvalue weighted by molar-refractivity contribution is -0.131. The van der Waals surface area contributed by atoms with Crippen molar-refractivity contribution in [2.24, 2.45) is 0 Å². The molecular weight excluding hydrogens is 230 g/mol. The van der Waals surface area contributed by atoms with Crippen LogP contribution in [0.5, 0.6) is 0 Å². The van der Waals surface area contributed by atoms with Crippen LogP contribution in [0.25, 0.3) is 0 Å². The van der Waals surface area contributed by atoms with E-state index in [2.05, 4.69) is 15.4 Å². The molecule has 6 nitrogen and oxygen atoms in total. The number of likely N-dealkylation sites (tertiary alicyclic amines) is 1. The summed E-state index contributed by atoms with van der Waals surface area (Å²) in [4.78, 5) is 18.0. The Morgan fingerprint density at radius 3 is 2.89 bits per heavy atom.